The minimum Gasteiger partial charge on any atom is -0.483 e. The minimum atomic E-state index is -0.225. The summed E-state index contributed by atoms with van der Waals surface area (Å²) in [7, 11) is 0. The molecule has 0 atom stereocenters. The smallest absolute Gasteiger partial charge is 0.264 e. The third-order valence-electron chi connectivity index (χ3n) is 3.87. The van der Waals surface area contributed by atoms with E-state index in [1.54, 1.807) is 0 Å². The lowest BCUT2D eigenvalue weighted by Gasteiger charge is -2.12. The van der Waals surface area contributed by atoms with Gasteiger partial charge in [0.05, 0.1) is 5.69 Å². The van der Waals surface area contributed by atoms with Crippen molar-refractivity contribution in [1.82, 2.24) is 4.98 Å². The maximum Gasteiger partial charge on any atom is 0.264 e. The Bertz CT molecular complexity index is 912. The summed E-state index contributed by atoms with van der Waals surface area (Å²) in [4.78, 5) is 16.7. The van der Waals surface area contributed by atoms with Gasteiger partial charge in [-0.05, 0) is 44.0 Å². The summed E-state index contributed by atoms with van der Waals surface area (Å²) < 4.78 is 6.70. The van der Waals surface area contributed by atoms with Gasteiger partial charge < -0.3 is 4.74 Å². The third kappa shape index (κ3) is 4.51. The van der Waals surface area contributed by atoms with Crippen LogP contribution in [0, 0.1) is 20.8 Å². The van der Waals surface area contributed by atoms with E-state index in [-0.39, 0.29) is 12.5 Å². The summed E-state index contributed by atoms with van der Waals surface area (Å²) in [6, 6.07) is 12.1. The number of nitrogens with zero attached hydrogens (tertiary/aromatic N) is 1. The molecule has 6 heteroatoms. The Hall–Kier alpha value is -2.18. The van der Waals surface area contributed by atoms with Crippen molar-refractivity contribution in [2.75, 3.05) is 11.9 Å². The summed E-state index contributed by atoms with van der Waals surface area (Å²) in [6.45, 7) is 5.91. The van der Waals surface area contributed by atoms with Crippen LogP contribution >= 0.6 is 27.3 Å². The molecule has 1 amide bonds. The number of rotatable bonds is 5. The summed E-state index contributed by atoms with van der Waals surface area (Å²) >= 11 is 4.86. The van der Waals surface area contributed by atoms with Crippen LogP contribution in [-0.2, 0) is 4.79 Å². The van der Waals surface area contributed by atoms with E-state index in [4.69, 9.17) is 4.74 Å². The molecular weight excluding hydrogens is 412 g/mol. The molecule has 0 aliphatic rings. The Morgan fingerprint density at radius 3 is 2.46 bits per heavy atom. The molecule has 0 spiro atoms. The van der Waals surface area contributed by atoms with Crippen LogP contribution in [0.15, 0.2) is 46.3 Å². The predicted molar refractivity (Wildman–Crippen MR) is 110 cm³/mol. The molecular formula is C20H19BrN2O2S. The molecule has 0 bridgehead atoms. The summed E-state index contributed by atoms with van der Waals surface area (Å²) in [5, 5.41) is 5.30. The highest BCUT2D eigenvalue weighted by atomic mass is 79.9. The van der Waals surface area contributed by atoms with Crippen LogP contribution in [0.2, 0.25) is 0 Å². The van der Waals surface area contributed by atoms with E-state index in [1.165, 1.54) is 16.9 Å². The van der Waals surface area contributed by atoms with Crippen molar-refractivity contribution in [3.8, 4) is 17.0 Å². The molecule has 0 saturated heterocycles. The Kier molecular flexibility index (Phi) is 5.74. The van der Waals surface area contributed by atoms with E-state index in [1.807, 2.05) is 62.5 Å². The molecule has 0 saturated carbocycles. The molecule has 1 aromatic heterocycles. The number of halogens is 1. The lowest BCUT2D eigenvalue weighted by atomic mass is 10.1. The van der Waals surface area contributed by atoms with Crippen molar-refractivity contribution >= 4 is 38.3 Å². The molecule has 0 aliphatic heterocycles. The highest BCUT2D eigenvalue weighted by Crippen LogP contribution is 2.28. The number of benzene rings is 2. The number of thiazole rings is 1. The molecule has 26 heavy (non-hydrogen) atoms. The van der Waals surface area contributed by atoms with E-state index in [0.717, 1.165) is 32.6 Å². The van der Waals surface area contributed by atoms with Crippen LogP contribution in [0.25, 0.3) is 11.3 Å². The van der Waals surface area contributed by atoms with Gasteiger partial charge in [0.15, 0.2) is 11.7 Å². The number of aromatic nitrogens is 1. The second-order valence-electron chi connectivity index (χ2n) is 6.11. The summed E-state index contributed by atoms with van der Waals surface area (Å²) in [5.74, 6) is 0.513. The number of anilines is 1. The number of carbonyl (C=O) groups excluding carboxylic acids is 1. The van der Waals surface area contributed by atoms with Gasteiger partial charge in [0.2, 0.25) is 0 Å². The zero-order valence-electron chi connectivity index (χ0n) is 14.8. The van der Waals surface area contributed by atoms with Crippen molar-refractivity contribution in [2.24, 2.45) is 0 Å². The quantitative estimate of drug-likeness (QED) is 0.579. The monoisotopic (exact) mass is 430 g/mol. The Balaban J connectivity index is 1.62. The summed E-state index contributed by atoms with van der Waals surface area (Å²) in [6.07, 6.45) is 0. The first kappa shape index (κ1) is 18.6. The first-order valence-corrected chi connectivity index (χ1v) is 9.81. The number of nitrogens with one attached hydrogen (secondary N) is 1. The number of amides is 1. The molecule has 0 unspecified atom stereocenters. The number of hydrogen-bond donors (Lipinski definition) is 1. The van der Waals surface area contributed by atoms with Crippen LogP contribution in [-0.4, -0.2) is 17.5 Å². The lowest BCUT2D eigenvalue weighted by Crippen LogP contribution is -2.20. The Morgan fingerprint density at radius 1 is 1.15 bits per heavy atom. The van der Waals surface area contributed by atoms with Gasteiger partial charge in [0, 0.05) is 15.4 Å². The fraction of sp³-hybridized carbons (Fsp3) is 0.200. The second kappa shape index (κ2) is 8.01. The predicted octanol–water partition coefficient (Wildman–Crippen LogP) is 5.52. The average Bonchev–Trinajstić information content (AvgIpc) is 3.03. The topological polar surface area (TPSA) is 51.2 Å². The van der Waals surface area contributed by atoms with E-state index in [2.05, 4.69) is 26.2 Å². The number of aryl methyl sites for hydroxylation is 3. The van der Waals surface area contributed by atoms with Gasteiger partial charge in [0.25, 0.3) is 5.91 Å². The highest BCUT2D eigenvalue weighted by molar-refractivity contribution is 9.10. The first-order valence-electron chi connectivity index (χ1n) is 8.14. The van der Waals surface area contributed by atoms with Gasteiger partial charge in [-0.3, -0.25) is 10.1 Å². The molecule has 0 aliphatic carbocycles. The Morgan fingerprint density at radius 2 is 1.81 bits per heavy atom. The minimum absolute atomic E-state index is 0.0528. The molecule has 0 radical (unpaired) electrons. The van der Waals surface area contributed by atoms with E-state index in [0.29, 0.717) is 5.13 Å². The number of ether oxygens (including phenoxy) is 1. The Labute approximate surface area is 165 Å². The second-order valence-corrected chi connectivity index (χ2v) is 7.88. The molecule has 2 aromatic carbocycles. The van der Waals surface area contributed by atoms with Crippen molar-refractivity contribution in [2.45, 2.75) is 20.8 Å². The van der Waals surface area contributed by atoms with Gasteiger partial charge in [-0.2, -0.15) is 0 Å². The highest BCUT2D eigenvalue weighted by Gasteiger charge is 2.11. The number of hydrogen-bond acceptors (Lipinski definition) is 4. The van der Waals surface area contributed by atoms with Crippen molar-refractivity contribution in [1.29, 1.82) is 0 Å². The van der Waals surface area contributed by atoms with Gasteiger partial charge in [-0.1, -0.05) is 45.8 Å². The van der Waals surface area contributed by atoms with Gasteiger partial charge in [-0.25, -0.2) is 4.98 Å². The van der Waals surface area contributed by atoms with Crippen LogP contribution in [0.1, 0.15) is 16.7 Å². The molecule has 3 aromatic rings. The average molecular weight is 431 g/mol. The van der Waals surface area contributed by atoms with Crippen molar-refractivity contribution in [3.05, 3.63) is 62.9 Å². The van der Waals surface area contributed by atoms with Crippen molar-refractivity contribution < 1.29 is 9.53 Å². The van der Waals surface area contributed by atoms with Gasteiger partial charge in [-0.15, -0.1) is 11.3 Å². The SMILES string of the molecule is Cc1ccc(-c2csc(NC(=O)COc3c(C)cc(Br)cc3C)n2)cc1. The fourth-order valence-electron chi connectivity index (χ4n) is 2.61. The molecule has 3 rings (SSSR count). The standard InChI is InChI=1S/C20H19BrN2O2S/c1-12-4-6-15(7-5-12)17-11-26-20(22-17)23-18(24)10-25-19-13(2)8-16(21)9-14(19)3/h4-9,11H,10H2,1-3H3,(H,22,23,24). The molecule has 4 nitrogen and oxygen atoms in total. The van der Waals surface area contributed by atoms with Gasteiger partial charge in [0.1, 0.15) is 5.75 Å². The largest absolute Gasteiger partial charge is 0.483 e. The van der Waals surface area contributed by atoms with Crippen LogP contribution in [0.4, 0.5) is 5.13 Å². The van der Waals surface area contributed by atoms with E-state index in [9.17, 15) is 4.79 Å². The first-order chi connectivity index (χ1) is 12.4. The number of carbonyl (C=O) groups is 1. The lowest BCUT2D eigenvalue weighted by molar-refractivity contribution is -0.118. The third-order valence-corrected chi connectivity index (χ3v) is 5.09. The van der Waals surface area contributed by atoms with Crippen molar-refractivity contribution in [3.63, 3.8) is 0 Å². The molecule has 0 fully saturated rings. The maximum atomic E-state index is 12.2. The van der Waals surface area contributed by atoms with E-state index >= 15 is 0 Å². The maximum absolute atomic E-state index is 12.2. The van der Waals surface area contributed by atoms with Crippen LogP contribution in [0.5, 0.6) is 5.75 Å². The van der Waals surface area contributed by atoms with Gasteiger partial charge >= 0.3 is 0 Å². The molecule has 1 N–H and O–H groups in total. The fourth-order valence-corrected chi connectivity index (χ4v) is 4.03. The molecule has 134 valence electrons. The molecule has 1 heterocycles. The summed E-state index contributed by atoms with van der Waals surface area (Å²) in [5.41, 5.74) is 5.06. The van der Waals surface area contributed by atoms with Crippen LogP contribution in [0.3, 0.4) is 0 Å². The zero-order chi connectivity index (χ0) is 18.7. The van der Waals surface area contributed by atoms with E-state index < -0.39 is 0 Å². The van der Waals surface area contributed by atoms with Crippen LogP contribution < -0.4 is 10.1 Å². The zero-order valence-corrected chi connectivity index (χ0v) is 17.2. The normalized spacial score (nSPS) is 10.6.